The molecule has 4 nitrogen and oxygen atoms in total. The highest BCUT2D eigenvalue weighted by atomic mass is 35.5. The highest BCUT2D eigenvalue weighted by Gasteiger charge is 2.21. The topological polar surface area (TPSA) is 56.5 Å². The molecule has 1 heterocycles. The van der Waals surface area contributed by atoms with Gasteiger partial charge in [0, 0.05) is 17.0 Å². The van der Waals surface area contributed by atoms with Crippen LogP contribution in [-0.4, -0.2) is 5.97 Å². The Morgan fingerprint density at radius 3 is 2.62 bits per heavy atom. The van der Waals surface area contributed by atoms with Crippen molar-refractivity contribution in [3.63, 3.8) is 0 Å². The first-order valence-corrected chi connectivity index (χ1v) is 7.98. The number of carbonyl (C=O) groups excluding carboxylic acids is 1. The lowest BCUT2D eigenvalue weighted by Crippen LogP contribution is -2.15. The molecule has 2 aromatic carbocycles. The quantitative estimate of drug-likeness (QED) is 0.609. The molecule has 6 heteroatoms. The van der Waals surface area contributed by atoms with E-state index < -0.39 is 11.4 Å². The summed E-state index contributed by atoms with van der Waals surface area (Å²) in [4.78, 5) is 24.5. The summed E-state index contributed by atoms with van der Waals surface area (Å²) in [5.74, 6) is -0.615. The van der Waals surface area contributed by atoms with Crippen LogP contribution in [0.25, 0.3) is 22.3 Å². The fraction of sp³-hybridized carbons (Fsp3) is 0.111. The number of hydrogen-bond donors (Lipinski definition) is 0. The monoisotopic (exact) mass is 362 g/mol. The molecule has 24 heavy (non-hydrogen) atoms. The predicted octanol–water partition coefficient (Wildman–Crippen LogP) is 5.08. The van der Waals surface area contributed by atoms with Crippen molar-refractivity contribution in [1.82, 2.24) is 0 Å². The molecule has 0 spiro atoms. The van der Waals surface area contributed by atoms with Gasteiger partial charge in [0.15, 0.2) is 5.76 Å². The molecule has 3 aromatic rings. The van der Waals surface area contributed by atoms with Crippen molar-refractivity contribution in [2.75, 3.05) is 0 Å². The van der Waals surface area contributed by atoms with Gasteiger partial charge in [-0.3, -0.25) is 9.59 Å². The molecular weight excluding hydrogens is 351 g/mol. The summed E-state index contributed by atoms with van der Waals surface area (Å²) in [6.07, 6.45) is 0.125. The molecule has 0 saturated carbocycles. The zero-order chi connectivity index (χ0) is 17.3. The van der Waals surface area contributed by atoms with Crippen molar-refractivity contribution in [2.45, 2.75) is 13.3 Å². The van der Waals surface area contributed by atoms with Crippen molar-refractivity contribution in [2.24, 2.45) is 0 Å². The lowest BCUT2D eigenvalue weighted by atomic mass is 10.1. The minimum Gasteiger partial charge on any atom is -0.452 e. The highest BCUT2D eigenvalue weighted by molar-refractivity contribution is 6.36. The molecule has 0 atom stereocenters. The Bertz CT molecular complexity index is 992. The molecule has 0 radical (unpaired) electrons. The fourth-order valence-corrected chi connectivity index (χ4v) is 2.75. The number of hydrogen-bond acceptors (Lipinski definition) is 4. The SMILES string of the molecule is CCC(=O)Oc1c(-c2ccc(Cl)cc2Cl)oc2ccccc2c1=O. The maximum absolute atomic E-state index is 12.7. The Balaban J connectivity index is 2.34. The summed E-state index contributed by atoms with van der Waals surface area (Å²) in [6.45, 7) is 1.64. The smallest absolute Gasteiger partial charge is 0.311 e. The van der Waals surface area contributed by atoms with Crippen LogP contribution in [0.5, 0.6) is 5.75 Å². The lowest BCUT2D eigenvalue weighted by molar-refractivity contribution is -0.134. The lowest BCUT2D eigenvalue weighted by Gasteiger charge is -2.11. The van der Waals surface area contributed by atoms with E-state index in [1.54, 1.807) is 43.3 Å². The van der Waals surface area contributed by atoms with Crippen molar-refractivity contribution in [3.8, 4) is 17.1 Å². The van der Waals surface area contributed by atoms with E-state index in [-0.39, 0.29) is 23.0 Å². The molecule has 0 aliphatic rings. The standard InChI is InChI=1S/C18H12Cl2O4/c1-2-15(21)24-18-16(22)12-5-3-4-6-14(12)23-17(18)11-8-7-10(19)9-13(11)20/h3-9H,2H2,1H3. The van der Waals surface area contributed by atoms with Gasteiger partial charge in [0.05, 0.1) is 10.4 Å². The Hall–Kier alpha value is -2.30. The largest absolute Gasteiger partial charge is 0.452 e. The van der Waals surface area contributed by atoms with Gasteiger partial charge < -0.3 is 9.15 Å². The van der Waals surface area contributed by atoms with Crippen molar-refractivity contribution in [3.05, 3.63) is 62.7 Å². The molecule has 3 rings (SSSR count). The van der Waals surface area contributed by atoms with Crippen LogP contribution >= 0.6 is 23.2 Å². The highest BCUT2D eigenvalue weighted by Crippen LogP contribution is 2.36. The van der Waals surface area contributed by atoms with Crippen LogP contribution in [-0.2, 0) is 4.79 Å². The predicted molar refractivity (Wildman–Crippen MR) is 93.9 cm³/mol. The van der Waals surface area contributed by atoms with E-state index in [1.807, 2.05) is 0 Å². The van der Waals surface area contributed by atoms with Crippen LogP contribution in [0.2, 0.25) is 10.0 Å². The Labute approximate surface area is 147 Å². The summed E-state index contributed by atoms with van der Waals surface area (Å²) < 4.78 is 11.1. The second-order valence-electron chi connectivity index (χ2n) is 5.04. The van der Waals surface area contributed by atoms with Gasteiger partial charge in [0.2, 0.25) is 11.2 Å². The zero-order valence-electron chi connectivity index (χ0n) is 12.6. The second kappa shape index (κ2) is 6.67. The molecule has 0 N–H and O–H groups in total. The Morgan fingerprint density at radius 2 is 1.92 bits per heavy atom. The van der Waals surface area contributed by atoms with Gasteiger partial charge in [0.25, 0.3) is 0 Å². The number of benzene rings is 2. The van der Waals surface area contributed by atoms with Gasteiger partial charge >= 0.3 is 5.97 Å². The van der Waals surface area contributed by atoms with E-state index in [0.717, 1.165) is 0 Å². The molecule has 0 fully saturated rings. The fourth-order valence-electron chi connectivity index (χ4n) is 2.25. The number of carbonyl (C=O) groups is 1. The molecule has 1 aromatic heterocycles. The Morgan fingerprint density at radius 1 is 1.17 bits per heavy atom. The third-order valence-electron chi connectivity index (χ3n) is 3.44. The maximum atomic E-state index is 12.7. The third kappa shape index (κ3) is 3.03. The summed E-state index contributed by atoms with van der Waals surface area (Å²) in [5, 5.41) is 1.05. The first-order chi connectivity index (χ1) is 11.5. The minimum absolute atomic E-state index is 0.0992. The molecule has 0 aliphatic heterocycles. The number of fused-ring (bicyclic) bond motifs is 1. The third-order valence-corrected chi connectivity index (χ3v) is 3.98. The number of para-hydroxylation sites is 1. The average Bonchev–Trinajstić information content (AvgIpc) is 2.57. The first kappa shape index (κ1) is 16.6. The molecule has 0 aliphatic carbocycles. The van der Waals surface area contributed by atoms with Gasteiger partial charge in [-0.1, -0.05) is 42.3 Å². The van der Waals surface area contributed by atoms with Crippen LogP contribution in [0.1, 0.15) is 13.3 Å². The van der Waals surface area contributed by atoms with Crippen LogP contribution in [0.3, 0.4) is 0 Å². The summed E-state index contributed by atoms with van der Waals surface area (Å²) in [6, 6.07) is 11.5. The molecule has 0 saturated heterocycles. The first-order valence-electron chi connectivity index (χ1n) is 7.23. The molecule has 0 amide bonds. The summed E-state index contributed by atoms with van der Waals surface area (Å²) in [7, 11) is 0. The average molecular weight is 363 g/mol. The number of esters is 1. The van der Waals surface area contributed by atoms with Crippen LogP contribution in [0, 0.1) is 0 Å². The normalized spacial score (nSPS) is 10.8. The Kier molecular flexibility index (Phi) is 4.60. The van der Waals surface area contributed by atoms with Crippen molar-refractivity contribution in [1.29, 1.82) is 0 Å². The van der Waals surface area contributed by atoms with E-state index in [0.29, 0.717) is 21.6 Å². The number of rotatable bonds is 3. The minimum atomic E-state index is -0.538. The van der Waals surface area contributed by atoms with E-state index in [2.05, 4.69) is 0 Å². The van der Waals surface area contributed by atoms with Gasteiger partial charge in [-0.25, -0.2) is 0 Å². The van der Waals surface area contributed by atoms with Crippen LogP contribution < -0.4 is 10.2 Å². The van der Waals surface area contributed by atoms with E-state index in [1.165, 1.54) is 6.07 Å². The van der Waals surface area contributed by atoms with E-state index in [4.69, 9.17) is 32.4 Å². The number of halogens is 2. The molecular formula is C18H12Cl2O4. The summed E-state index contributed by atoms with van der Waals surface area (Å²) in [5.41, 5.74) is 0.363. The van der Waals surface area contributed by atoms with Crippen LogP contribution in [0.4, 0.5) is 0 Å². The van der Waals surface area contributed by atoms with Crippen molar-refractivity contribution < 1.29 is 13.9 Å². The van der Waals surface area contributed by atoms with E-state index >= 15 is 0 Å². The van der Waals surface area contributed by atoms with Gasteiger partial charge in [-0.2, -0.15) is 0 Å². The van der Waals surface area contributed by atoms with Crippen molar-refractivity contribution >= 4 is 40.1 Å². The summed E-state index contributed by atoms with van der Waals surface area (Å²) >= 11 is 12.1. The molecule has 0 unspecified atom stereocenters. The second-order valence-corrected chi connectivity index (χ2v) is 5.88. The maximum Gasteiger partial charge on any atom is 0.311 e. The van der Waals surface area contributed by atoms with Gasteiger partial charge in [-0.05, 0) is 30.3 Å². The zero-order valence-corrected chi connectivity index (χ0v) is 14.1. The molecule has 0 bridgehead atoms. The van der Waals surface area contributed by atoms with Gasteiger partial charge in [0.1, 0.15) is 5.58 Å². The number of ether oxygens (including phenoxy) is 1. The van der Waals surface area contributed by atoms with Crippen LogP contribution in [0.15, 0.2) is 51.7 Å². The van der Waals surface area contributed by atoms with Gasteiger partial charge in [-0.15, -0.1) is 0 Å². The molecule has 122 valence electrons. The van der Waals surface area contributed by atoms with E-state index in [9.17, 15) is 9.59 Å².